The third kappa shape index (κ3) is 7.43. The number of thiophene rings is 1. The van der Waals surface area contributed by atoms with E-state index in [1.165, 1.54) is 23.5 Å². The smallest absolute Gasteiger partial charge is 0.345 e. The molecule has 3 rings (SSSR count). The highest BCUT2D eigenvalue weighted by Gasteiger charge is 2.20. The summed E-state index contributed by atoms with van der Waals surface area (Å²) in [6, 6.07) is 7.08. The van der Waals surface area contributed by atoms with E-state index in [9.17, 15) is 13.6 Å². The standard InChI is InChI=1S/C13H13ClF2.C8H10O2S/c14-11-4-3-9(5-11)1-2-10-6-12(15)8-13(16)7-10;1-2-3-6-4-5-7(11-6)8(9)10/h1-2,6-9,11H,3-5H2;4-5H,2-3H2,1H3,(H,9,10)/b2-1+;/t9-,11+;/m0./s1. The fourth-order valence-corrected chi connectivity index (χ4v) is 4.23. The molecule has 1 fully saturated rings. The minimum atomic E-state index is -0.822. The summed E-state index contributed by atoms with van der Waals surface area (Å²) in [5, 5.41) is 8.83. The topological polar surface area (TPSA) is 37.3 Å². The van der Waals surface area contributed by atoms with Gasteiger partial charge in [-0.05, 0) is 61.4 Å². The van der Waals surface area contributed by atoms with Crippen molar-refractivity contribution in [1.29, 1.82) is 0 Å². The Bertz CT molecular complexity index is 768. The number of allylic oxidation sites excluding steroid dienone is 1. The Labute approximate surface area is 167 Å². The Morgan fingerprint density at radius 1 is 1.26 bits per heavy atom. The third-order valence-corrected chi connectivity index (χ3v) is 5.75. The molecule has 0 spiro atoms. The van der Waals surface area contributed by atoms with Crippen molar-refractivity contribution in [2.24, 2.45) is 5.92 Å². The van der Waals surface area contributed by atoms with E-state index in [0.29, 0.717) is 16.4 Å². The van der Waals surface area contributed by atoms with Crippen molar-refractivity contribution < 1.29 is 18.7 Å². The highest BCUT2D eigenvalue weighted by molar-refractivity contribution is 7.13. The highest BCUT2D eigenvalue weighted by Crippen LogP contribution is 2.30. The van der Waals surface area contributed by atoms with Crippen molar-refractivity contribution in [3.8, 4) is 0 Å². The van der Waals surface area contributed by atoms with Gasteiger partial charge in [0.05, 0.1) is 0 Å². The van der Waals surface area contributed by atoms with Crippen molar-refractivity contribution in [1.82, 2.24) is 0 Å². The van der Waals surface area contributed by atoms with E-state index in [2.05, 4.69) is 6.92 Å². The van der Waals surface area contributed by atoms with Crippen molar-refractivity contribution >= 4 is 35.0 Å². The average Bonchev–Trinajstić information content (AvgIpc) is 3.22. The SMILES string of the molecule is CCCc1ccc(C(=O)O)s1.Fc1cc(F)cc(/C=C/[C@H]2CC[C@@H](Cl)C2)c1. The summed E-state index contributed by atoms with van der Waals surface area (Å²) in [7, 11) is 0. The Morgan fingerprint density at radius 2 is 1.96 bits per heavy atom. The highest BCUT2D eigenvalue weighted by atomic mass is 35.5. The molecule has 1 saturated carbocycles. The van der Waals surface area contributed by atoms with E-state index in [1.54, 1.807) is 12.1 Å². The molecule has 0 bridgehead atoms. The molecule has 0 aliphatic heterocycles. The summed E-state index contributed by atoms with van der Waals surface area (Å²) in [5.41, 5.74) is 0.565. The molecular weight excluding hydrogens is 390 g/mol. The average molecular weight is 413 g/mol. The molecular formula is C21H23ClF2O2S. The predicted octanol–water partition coefficient (Wildman–Crippen LogP) is 6.78. The molecule has 0 saturated heterocycles. The van der Waals surface area contributed by atoms with Gasteiger partial charge in [-0.1, -0.05) is 25.5 Å². The van der Waals surface area contributed by atoms with Gasteiger partial charge < -0.3 is 5.11 Å². The lowest BCUT2D eigenvalue weighted by Gasteiger charge is -2.01. The number of carbonyl (C=O) groups is 1. The van der Waals surface area contributed by atoms with Crippen LogP contribution in [0.4, 0.5) is 8.78 Å². The fraction of sp³-hybridized carbons (Fsp3) is 0.381. The molecule has 1 aromatic carbocycles. The van der Waals surface area contributed by atoms with Crippen molar-refractivity contribution in [3.63, 3.8) is 0 Å². The molecule has 0 amide bonds. The van der Waals surface area contributed by atoms with E-state index in [4.69, 9.17) is 16.7 Å². The lowest BCUT2D eigenvalue weighted by molar-refractivity contribution is 0.0702. The first kappa shape index (κ1) is 21.6. The molecule has 1 aliphatic rings. The van der Waals surface area contributed by atoms with Crippen LogP contribution in [0.1, 0.15) is 52.7 Å². The first-order valence-electron chi connectivity index (χ1n) is 8.97. The van der Waals surface area contributed by atoms with Gasteiger partial charge >= 0.3 is 5.97 Å². The first-order chi connectivity index (χ1) is 12.9. The zero-order valence-electron chi connectivity index (χ0n) is 15.1. The van der Waals surface area contributed by atoms with E-state index in [0.717, 1.165) is 43.0 Å². The quantitative estimate of drug-likeness (QED) is 0.549. The molecule has 1 heterocycles. The molecule has 146 valence electrons. The van der Waals surface area contributed by atoms with Gasteiger partial charge in [0, 0.05) is 16.3 Å². The summed E-state index contributed by atoms with van der Waals surface area (Å²) < 4.78 is 25.8. The largest absolute Gasteiger partial charge is 0.477 e. The van der Waals surface area contributed by atoms with Crippen LogP contribution in [0.15, 0.2) is 36.4 Å². The Morgan fingerprint density at radius 3 is 2.48 bits per heavy atom. The van der Waals surface area contributed by atoms with Gasteiger partial charge in [-0.15, -0.1) is 22.9 Å². The molecule has 1 N–H and O–H groups in total. The molecule has 1 aliphatic carbocycles. The van der Waals surface area contributed by atoms with Crippen LogP contribution >= 0.6 is 22.9 Å². The van der Waals surface area contributed by atoms with Crippen LogP contribution in [0.25, 0.3) is 6.08 Å². The number of aromatic carboxylic acids is 1. The Kier molecular flexibility index (Phi) is 8.45. The van der Waals surface area contributed by atoms with Gasteiger partial charge in [0.1, 0.15) is 16.5 Å². The molecule has 2 nitrogen and oxygen atoms in total. The fourth-order valence-electron chi connectivity index (χ4n) is 2.93. The normalized spacial score (nSPS) is 19.1. The summed E-state index contributed by atoms with van der Waals surface area (Å²) >= 11 is 7.35. The zero-order valence-corrected chi connectivity index (χ0v) is 16.7. The van der Waals surface area contributed by atoms with Gasteiger partial charge in [-0.3, -0.25) is 0 Å². The van der Waals surface area contributed by atoms with Crippen molar-refractivity contribution in [2.75, 3.05) is 0 Å². The molecule has 0 radical (unpaired) electrons. The van der Waals surface area contributed by atoms with Crippen LogP contribution in [-0.2, 0) is 6.42 Å². The van der Waals surface area contributed by atoms with Crippen LogP contribution in [0.3, 0.4) is 0 Å². The maximum absolute atomic E-state index is 12.9. The Hall–Kier alpha value is -1.72. The minimum Gasteiger partial charge on any atom is -0.477 e. The number of carboxylic acid groups (broad SMARTS) is 1. The number of aryl methyl sites for hydroxylation is 1. The second-order valence-corrected chi connectivity index (χ2v) is 8.34. The van der Waals surface area contributed by atoms with Crippen molar-refractivity contribution in [2.45, 2.75) is 44.4 Å². The molecule has 1 aromatic heterocycles. The van der Waals surface area contributed by atoms with Gasteiger partial charge in [-0.2, -0.15) is 0 Å². The zero-order chi connectivity index (χ0) is 19.8. The first-order valence-corrected chi connectivity index (χ1v) is 10.2. The maximum atomic E-state index is 12.9. The van der Waals surface area contributed by atoms with Crippen LogP contribution in [0, 0.1) is 17.6 Å². The Balaban J connectivity index is 0.000000208. The summed E-state index contributed by atoms with van der Waals surface area (Å²) in [6.07, 6.45) is 8.85. The van der Waals surface area contributed by atoms with Gasteiger partial charge in [-0.25, -0.2) is 13.6 Å². The second kappa shape index (κ2) is 10.6. The number of halogens is 3. The van der Waals surface area contributed by atoms with Crippen LogP contribution in [0.5, 0.6) is 0 Å². The van der Waals surface area contributed by atoms with Crippen LogP contribution < -0.4 is 0 Å². The van der Waals surface area contributed by atoms with E-state index >= 15 is 0 Å². The lowest BCUT2D eigenvalue weighted by Crippen LogP contribution is -1.91. The van der Waals surface area contributed by atoms with Crippen LogP contribution in [-0.4, -0.2) is 16.5 Å². The molecule has 6 heteroatoms. The monoisotopic (exact) mass is 412 g/mol. The van der Waals surface area contributed by atoms with Gasteiger partial charge in [0.25, 0.3) is 0 Å². The number of carboxylic acids is 1. The summed E-state index contributed by atoms with van der Waals surface area (Å²) in [4.78, 5) is 12.0. The summed E-state index contributed by atoms with van der Waals surface area (Å²) in [6.45, 7) is 2.08. The molecule has 2 aromatic rings. The summed E-state index contributed by atoms with van der Waals surface area (Å²) in [5.74, 6) is -1.46. The van der Waals surface area contributed by atoms with Gasteiger partial charge in [0.15, 0.2) is 0 Å². The molecule has 2 atom stereocenters. The van der Waals surface area contributed by atoms with E-state index in [-0.39, 0.29) is 5.38 Å². The van der Waals surface area contributed by atoms with E-state index < -0.39 is 17.6 Å². The third-order valence-electron chi connectivity index (χ3n) is 4.22. The molecule has 0 unspecified atom stereocenters. The number of hydrogen-bond acceptors (Lipinski definition) is 2. The van der Waals surface area contributed by atoms with Crippen molar-refractivity contribution in [3.05, 3.63) is 63.4 Å². The van der Waals surface area contributed by atoms with Crippen LogP contribution in [0.2, 0.25) is 0 Å². The van der Waals surface area contributed by atoms with Gasteiger partial charge in [0.2, 0.25) is 0 Å². The number of alkyl halides is 1. The number of hydrogen-bond donors (Lipinski definition) is 1. The number of benzene rings is 1. The number of rotatable bonds is 5. The molecule has 27 heavy (non-hydrogen) atoms. The predicted molar refractivity (Wildman–Crippen MR) is 108 cm³/mol. The second-order valence-electron chi connectivity index (χ2n) is 6.55. The minimum absolute atomic E-state index is 0.249. The maximum Gasteiger partial charge on any atom is 0.345 e. The van der Waals surface area contributed by atoms with E-state index in [1.807, 2.05) is 12.1 Å². The lowest BCUT2D eigenvalue weighted by atomic mass is 10.1.